The number of aryl methyl sites for hydroxylation is 2. The van der Waals surface area contributed by atoms with Gasteiger partial charge in [0.05, 0.1) is 11.1 Å². The van der Waals surface area contributed by atoms with E-state index in [-0.39, 0.29) is 17.3 Å². The quantitative estimate of drug-likeness (QED) is 0.441. The van der Waals surface area contributed by atoms with Crippen LogP contribution in [-0.4, -0.2) is 26.9 Å². The number of thiophene rings is 1. The van der Waals surface area contributed by atoms with Crippen LogP contribution in [0.5, 0.6) is 0 Å². The standard InChI is InChI=1S/C18H26N2O3S2/c1-10(2)8-20-16(22)14-11(3)12(4)25-15(14)19-17(20)24-9-13(21)23-18(5,6)7/h10H,8-9H2,1-7H3. The van der Waals surface area contributed by atoms with Gasteiger partial charge in [0.1, 0.15) is 10.4 Å². The maximum absolute atomic E-state index is 13.0. The number of esters is 1. The second-order valence-corrected chi connectivity index (χ2v) is 9.69. The lowest BCUT2D eigenvalue weighted by molar-refractivity contribution is -0.151. The minimum atomic E-state index is -0.519. The summed E-state index contributed by atoms with van der Waals surface area (Å²) < 4.78 is 7.04. The fourth-order valence-corrected chi connectivity index (χ4v) is 4.29. The van der Waals surface area contributed by atoms with E-state index in [1.807, 2.05) is 34.6 Å². The predicted molar refractivity (Wildman–Crippen MR) is 105 cm³/mol. The fourth-order valence-electron chi connectivity index (χ4n) is 2.44. The maximum Gasteiger partial charge on any atom is 0.316 e. The molecule has 0 spiro atoms. The van der Waals surface area contributed by atoms with E-state index in [2.05, 4.69) is 18.8 Å². The molecule has 0 atom stereocenters. The van der Waals surface area contributed by atoms with Crippen LogP contribution in [-0.2, 0) is 16.1 Å². The fraction of sp³-hybridized carbons (Fsp3) is 0.611. The molecule has 5 nitrogen and oxygen atoms in total. The number of hydrogen-bond donors (Lipinski definition) is 0. The molecule has 138 valence electrons. The molecular formula is C18H26N2O3S2. The number of fused-ring (bicyclic) bond motifs is 1. The second-order valence-electron chi connectivity index (χ2n) is 7.54. The highest BCUT2D eigenvalue weighted by molar-refractivity contribution is 7.99. The van der Waals surface area contributed by atoms with Gasteiger partial charge in [0.15, 0.2) is 5.16 Å². The first-order valence-corrected chi connectivity index (χ1v) is 10.1. The average molecular weight is 383 g/mol. The van der Waals surface area contributed by atoms with Gasteiger partial charge in [-0.05, 0) is 46.1 Å². The monoisotopic (exact) mass is 382 g/mol. The maximum atomic E-state index is 13.0. The minimum Gasteiger partial charge on any atom is -0.459 e. The third kappa shape index (κ3) is 4.85. The van der Waals surface area contributed by atoms with Gasteiger partial charge in [0, 0.05) is 11.4 Å². The van der Waals surface area contributed by atoms with Crippen LogP contribution in [0.2, 0.25) is 0 Å². The summed E-state index contributed by atoms with van der Waals surface area (Å²) in [6, 6.07) is 0. The molecule has 7 heteroatoms. The number of carbonyl (C=O) groups excluding carboxylic acids is 1. The summed E-state index contributed by atoms with van der Waals surface area (Å²) in [5.41, 5.74) is 0.458. The van der Waals surface area contributed by atoms with E-state index >= 15 is 0 Å². The SMILES string of the molecule is Cc1sc2nc(SCC(=O)OC(C)(C)C)n(CC(C)C)c(=O)c2c1C. The van der Waals surface area contributed by atoms with Crippen LogP contribution in [0.25, 0.3) is 10.2 Å². The molecule has 0 bridgehead atoms. The van der Waals surface area contributed by atoms with E-state index in [0.717, 1.165) is 15.3 Å². The topological polar surface area (TPSA) is 61.2 Å². The van der Waals surface area contributed by atoms with Gasteiger partial charge in [0.2, 0.25) is 0 Å². The van der Waals surface area contributed by atoms with Crippen molar-refractivity contribution in [2.24, 2.45) is 5.92 Å². The third-order valence-electron chi connectivity index (χ3n) is 3.54. The van der Waals surface area contributed by atoms with Crippen LogP contribution >= 0.6 is 23.1 Å². The van der Waals surface area contributed by atoms with Crippen molar-refractivity contribution in [3.63, 3.8) is 0 Å². The molecule has 0 radical (unpaired) electrons. The van der Waals surface area contributed by atoms with Gasteiger partial charge >= 0.3 is 5.97 Å². The summed E-state index contributed by atoms with van der Waals surface area (Å²) in [5, 5.41) is 1.28. The average Bonchev–Trinajstić information content (AvgIpc) is 2.73. The van der Waals surface area contributed by atoms with Crippen molar-refractivity contribution in [1.82, 2.24) is 9.55 Å². The van der Waals surface area contributed by atoms with Gasteiger partial charge in [-0.3, -0.25) is 14.2 Å². The largest absolute Gasteiger partial charge is 0.459 e. The number of thioether (sulfide) groups is 1. The summed E-state index contributed by atoms with van der Waals surface area (Å²) in [6.45, 7) is 14.2. The number of ether oxygens (including phenoxy) is 1. The van der Waals surface area contributed by atoms with Crippen molar-refractivity contribution < 1.29 is 9.53 Å². The molecule has 25 heavy (non-hydrogen) atoms. The molecule has 2 aromatic rings. The molecule has 0 unspecified atom stereocenters. The van der Waals surface area contributed by atoms with Gasteiger partial charge < -0.3 is 4.74 Å². The number of carbonyl (C=O) groups is 1. The van der Waals surface area contributed by atoms with Crippen LogP contribution in [0, 0.1) is 19.8 Å². The smallest absolute Gasteiger partial charge is 0.316 e. The van der Waals surface area contributed by atoms with Crippen molar-refractivity contribution in [1.29, 1.82) is 0 Å². The first-order chi connectivity index (χ1) is 11.5. The van der Waals surface area contributed by atoms with Crippen LogP contribution in [0.15, 0.2) is 9.95 Å². The summed E-state index contributed by atoms with van der Waals surface area (Å²) in [5.74, 6) is 0.135. The lowest BCUT2D eigenvalue weighted by atomic mass is 10.2. The normalized spacial score (nSPS) is 12.2. The van der Waals surface area contributed by atoms with E-state index in [9.17, 15) is 9.59 Å². The Bertz CT molecular complexity index is 845. The lowest BCUT2D eigenvalue weighted by Gasteiger charge is -2.19. The third-order valence-corrected chi connectivity index (χ3v) is 5.59. The van der Waals surface area contributed by atoms with E-state index in [4.69, 9.17) is 4.74 Å². The Morgan fingerprint density at radius 3 is 2.52 bits per heavy atom. The summed E-state index contributed by atoms with van der Waals surface area (Å²) in [6.07, 6.45) is 0. The molecule has 0 saturated heterocycles. The Labute approximate surface area is 156 Å². The molecular weight excluding hydrogens is 356 g/mol. The van der Waals surface area contributed by atoms with Gasteiger partial charge in [-0.15, -0.1) is 11.3 Å². The Morgan fingerprint density at radius 1 is 1.32 bits per heavy atom. The Kier molecular flexibility index (Phi) is 5.99. The summed E-state index contributed by atoms with van der Waals surface area (Å²) in [4.78, 5) is 31.5. The van der Waals surface area contributed by atoms with Crippen molar-refractivity contribution in [2.45, 2.75) is 65.8 Å². The van der Waals surface area contributed by atoms with Gasteiger partial charge in [-0.2, -0.15) is 0 Å². The first kappa shape index (κ1) is 20.0. The molecule has 0 amide bonds. The zero-order chi connectivity index (χ0) is 18.9. The summed E-state index contributed by atoms with van der Waals surface area (Å²) >= 11 is 2.79. The molecule has 0 fully saturated rings. The number of aromatic nitrogens is 2. The van der Waals surface area contributed by atoms with E-state index < -0.39 is 5.60 Å². The lowest BCUT2D eigenvalue weighted by Crippen LogP contribution is -2.27. The van der Waals surface area contributed by atoms with Gasteiger partial charge in [-0.25, -0.2) is 4.98 Å². The highest BCUT2D eigenvalue weighted by atomic mass is 32.2. The van der Waals surface area contributed by atoms with Crippen LogP contribution in [0.3, 0.4) is 0 Å². The Balaban J connectivity index is 2.40. The molecule has 2 aromatic heterocycles. The second kappa shape index (κ2) is 7.50. The number of nitrogens with zero attached hydrogens (tertiary/aromatic N) is 2. The Morgan fingerprint density at radius 2 is 1.96 bits per heavy atom. The zero-order valence-electron chi connectivity index (χ0n) is 15.9. The van der Waals surface area contributed by atoms with Crippen LogP contribution in [0.4, 0.5) is 0 Å². The number of hydrogen-bond acceptors (Lipinski definition) is 6. The van der Waals surface area contributed by atoms with Crippen molar-refractivity contribution >= 4 is 39.3 Å². The molecule has 0 aliphatic carbocycles. The Hall–Kier alpha value is -1.34. The number of rotatable bonds is 5. The van der Waals surface area contributed by atoms with Crippen molar-refractivity contribution in [3.05, 3.63) is 20.8 Å². The van der Waals surface area contributed by atoms with Gasteiger partial charge in [0.25, 0.3) is 5.56 Å². The molecule has 0 aliphatic rings. The van der Waals surface area contributed by atoms with Crippen molar-refractivity contribution in [3.8, 4) is 0 Å². The van der Waals surface area contributed by atoms with Crippen LogP contribution < -0.4 is 5.56 Å². The molecule has 0 N–H and O–H groups in total. The summed E-state index contributed by atoms with van der Waals surface area (Å²) in [7, 11) is 0. The van der Waals surface area contributed by atoms with E-state index in [0.29, 0.717) is 23.0 Å². The zero-order valence-corrected chi connectivity index (χ0v) is 17.6. The highest BCUT2D eigenvalue weighted by Gasteiger charge is 2.20. The van der Waals surface area contributed by atoms with Crippen LogP contribution in [0.1, 0.15) is 45.1 Å². The van der Waals surface area contributed by atoms with Gasteiger partial charge in [-0.1, -0.05) is 25.6 Å². The van der Waals surface area contributed by atoms with E-state index in [1.165, 1.54) is 23.1 Å². The molecule has 0 saturated carbocycles. The first-order valence-electron chi connectivity index (χ1n) is 8.34. The molecule has 2 heterocycles. The molecule has 0 aliphatic heterocycles. The highest BCUT2D eigenvalue weighted by Crippen LogP contribution is 2.28. The van der Waals surface area contributed by atoms with E-state index in [1.54, 1.807) is 4.57 Å². The molecule has 0 aromatic carbocycles. The predicted octanol–water partition coefficient (Wildman–Crippen LogP) is 4.16. The van der Waals surface area contributed by atoms with Crippen molar-refractivity contribution in [2.75, 3.05) is 5.75 Å². The molecule has 2 rings (SSSR count). The minimum absolute atomic E-state index is 0.0211.